The van der Waals surface area contributed by atoms with Crippen molar-refractivity contribution in [1.82, 2.24) is 4.90 Å². The molecule has 0 aliphatic carbocycles. The summed E-state index contributed by atoms with van der Waals surface area (Å²) in [5, 5.41) is 8.61. The number of nitrogens with zero attached hydrogens (tertiary/aromatic N) is 1. The summed E-state index contributed by atoms with van der Waals surface area (Å²) in [6.07, 6.45) is 2.20. The van der Waals surface area contributed by atoms with Gasteiger partial charge in [0.15, 0.2) is 0 Å². The molecule has 118 valence electrons. The zero-order valence-corrected chi connectivity index (χ0v) is 13.1. The molecular weight excluding hydrogens is 270 g/mol. The molecule has 1 aromatic heterocycles. The maximum Gasteiger partial charge on any atom is 0.305 e. The van der Waals surface area contributed by atoms with Crippen molar-refractivity contribution >= 4 is 5.97 Å². The van der Waals surface area contributed by atoms with Gasteiger partial charge in [-0.1, -0.05) is 0 Å². The molecule has 2 heterocycles. The van der Waals surface area contributed by atoms with Crippen molar-refractivity contribution in [2.24, 2.45) is 0 Å². The molecule has 1 saturated heterocycles. The van der Waals surface area contributed by atoms with E-state index in [-0.39, 0.29) is 12.5 Å². The standard InChI is InChI=1S/C16H25NO4/c1-11-10-15(13(3)21-11)12(2)17-7-4-14(5-8-17)20-9-6-16(18)19/h10,12,14H,4-9H2,1-3H3,(H,18,19). The second kappa shape index (κ2) is 7.09. The van der Waals surface area contributed by atoms with E-state index < -0.39 is 5.97 Å². The Morgan fingerprint density at radius 2 is 2.14 bits per heavy atom. The first-order chi connectivity index (χ1) is 9.97. The van der Waals surface area contributed by atoms with E-state index in [0.717, 1.165) is 37.5 Å². The lowest BCUT2D eigenvalue weighted by Crippen LogP contribution is -2.38. The van der Waals surface area contributed by atoms with Crippen LogP contribution >= 0.6 is 0 Å². The van der Waals surface area contributed by atoms with E-state index in [0.29, 0.717) is 12.6 Å². The van der Waals surface area contributed by atoms with Gasteiger partial charge in [0.05, 0.1) is 19.1 Å². The van der Waals surface area contributed by atoms with Crippen molar-refractivity contribution in [2.75, 3.05) is 19.7 Å². The molecule has 1 N–H and O–H groups in total. The predicted molar refractivity (Wildman–Crippen MR) is 79.4 cm³/mol. The highest BCUT2D eigenvalue weighted by Gasteiger charge is 2.25. The minimum Gasteiger partial charge on any atom is -0.481 e. The number of carboxylic acids is 1. The first kappa shape index (κ1) is 16.0. The number of furan rings is 1. The van der Waals surface area contributed by atoms with Crippen molar-refractivity contribution in [3.63, 3.8) is 0 Å². The first-order valence-corrected chi connectivity index (χ1v) is 7.61. The number of carbonyl (C=O) groups is 1. The summed E-state index contributed by atoms with van der Waals surface area (Å²) in [5.74, 6) is 1.16. The van der Waals surface area contributed by atoms with Crippen LogP contribution in [0.25, 0.3) is 0 Å². The minimum atomic E-state index is -0.799. The third-order valence-corrected chi connectivity index (χ3v) is 4.22. The maximum atomic E-state index is 10.5. The fourth-order valence-electron chi connectivity index (χ4n) is 3.00. The summed E-state index contributed by atoms with van der Waals surface area (Å²) in [6.45, 7) is 8.47. The van der Waals surface area contributed by atoms with Crippen LogP contribution in [0, 0.1) is 13.8 Å². The average molecular weight is 295 g/mol. The monoisotopic (exact) mass is 295 g/mol. The van der Waals surface area contributed by atoms with Crippen molar-refractivity contribution in [3.05, 3.63) is 23.2 Å². The lowest BCUT2D eigenvalue weighted by atomic mass is 10.0. The van der Waals surface area contributed by atoms with Gasteiger partial charge in [0.1, 0.15) is 11.5 Å². The van der Waals surface area contributed by atoms with Crippen LogP contribution in [0.1, 0.15) is 49.3 Å². The van der Waals surface area contributed by atoms with Crippen molar-refractivity contribution in [2.45, 2.75) is 52.2 Å². The molecule has 1 aliphatic rings. The van der Waals surface area contributed by atoms with Crippen LogP contribution in [-0.2, 0) is 9.53 Å². The third-order valence-electron chi connectivity index (χ3n) is 4.22. The number of hydrogen-bond acceptors (Lipinski definition) is 4. The highest BCUT2D eigenvalue weighted by atomic mass is 16.5. The fourth-order valence-corrected chi connectivity index (χ4v) is 3.00. The Balaban J connectivity index is 1.80. The zero-order valence-electron chi connectivity index (χ0n) is 13.1. The van der Waals surface area contributed by atoms with E-state index in [1.807, 2.05) is 13.8 Å². The summed E-state index contributed by atoms with van der Waals surface area (Å²) in [6, 6.07) is 2.47. The van der Waals surface area contributed by atoms with Crippen LogP contribution in [0.15, 0.2) is 10.5 Å². The van der Waals surface area contributed by atoms with E-state index in [9.17, 15) is 4.79 Å². The third kappa shape index (κ3) is 4.32. The number of carboxylic acid groups (broad SMARTS) is 1. The Morgan fingerprint density at radius 3 is 2.67 bits per heavy atom. The van der Waals surface area contributed by atoms with E-state index in [1.165, 1.54) is 5.56 Å². The van der Waals surface area contributed by atoms with Gasteiger partial charge < -0.3 is 14.3 Å². The van der Waals surface area contributed by atoms with Crippen molar-refractivity contribution in [3.8, 4) is 0 Å². The van der Waals surface area contributed by atoms with E-state index >= 15 is 0 Å². The Kier molecular flexibility index (Phi) is 5.42. The Bertz CT molecular complexity index is 475. The van der Waals surface area contributed by atoms with Gasteiger partial charge in [-0.3, -0.25) is 9.69 Å². The molecule has 1 aliphatic heterocycles. The molecule has 0 saturated carbocycles. The minimum absolute atomic E-state index is 0.0874. The molecule has 1 unspecified atom stereocenters. The molecule has 5 nitrogen and oxygen atoms in total. The van der Waals surface area contributed by atoms with Crippen LogP contribution < -0.4 is 0 Å². The Labute approximate surface area is 125 Å². The molecule has 1 fully saturated rings. The summed E-state index contributed by atoms with van der Waals surface area (Å²) < 4.78 is 11.2. The molecule has 0 radical (unpaired) electrons. The molecule has 5 heteroatoms. The number of hydrogen-bond donors (Lipinski definition) is 1. The number of aliphatic carboxylic acids is 1. The summed E-state index contributed by atoms with van der Waals surface area (Å²) in [5.41, 5.74) is 1.26. The largest absolute Gasteiger partial charge is 0.481 e. The van der Waals surface area contributed by atoms with E-state index in [4.69, 9.17) is 14.3 Å². The zero-order chi connectivity index (χ0) is 15.4. The molecular formula is C16H25NO4. The van der Waals surface area contributed by atoms with Gasteiger partial charge in [-0.2, -0.15) is 0 Å². The molecule has 0 aromatic carbocycles. The van der Waals surface area contributed by atoms with Gasteiger partial charge in [-0.05, 0) is 39.7 Å². The summed E-state index contributed by atoms with van der Waals surface area (Å²) in [7, 11) is 0. The van der Waals surface area contributed by atoms with Gasteiger partial charge in [0, 0.05) is 24.7 Å². The second-order valence-corrected chi connectivity index (χ2v) is 5.79. The van der Waals surface area contributed by atoms with E-state index in [2.05, 4.69) is 17.9 Å². The Morgan fingerprint density at radius 1 is 1.48 bits per heavy atom. The lowest BCUT2D eigenvalue weighted by Gasteiger charge is -2.35. The number of piperidine rings is 1. The van der Waals surface area contributed by atoms with Crippen LogP contribution in [-0.4, -0.2) is 41.8 Å². The molecule has 0 bridgehead atoms. The molecule has 1 atom stereocenters. The van der Waals surface area contributed by atoms with Crippen LogP contribution in [0.5, 0.6) is 0 Å². The number of rotatable bonds is 6. The predicted octanol–water partition coefficient (Wildman–Crippen LogP) is 2.91. The fraction of sp³-hybridized carbons (Fsp3) is 0.688. The quantitative estimate of drug-likeness (QED) is 0.874. The van der Waals surface area contributed by atoms with Crippen molar-refractivity contribution < 1.29 is 19.1 Å². The van der Waals surface area contributed by atoms with Gasteiger partial charge >= 0.3 is 5.97 Å². The normalized spacial score (nSPS) is 18.8. The second-order valence-electron chi connectivity index (χ2n) is 5.79. The maximum absolute atomic E-state index is 10.5. The van der Waals surface area contributed by atoms with Crippen LogP contribution in [0.4, 0.5) is 0 Å². The van der Waals surface area contributed by atoms with Gasteiger partial charge in [0.25, 0.3) is 0 Å². The highest BCUT2D eigenvalue weighted by molar-refractivity contribution is 5.66. The van der Waals surface area contributed by atoms with Crippen molar-refractivity contribution in [1.29, 1.82) is 0 Å². The summed E-state index contributed by atoms with van der Waals surface area (Å²) in [4.78, 5) is 12.9. The Hall–Kier alpha value is -1.33. The number of likely N-dealkylation sites (tertiary alicyclic amines) is 1. The van der Waals surface area contributed by atoms with Gasteiger partial charge in [-0.15, -0.1) is 0 Å². The van der Waals surface area contributed by atoms with E-state index in [1.54, 1.807) is 0 Å². The number of aryl methyl sites for hydroxylation is 2. The molecule has 0 amide bonds. The highest BCUT2D eigenvalue weighted by Crippen LogP contribution is 2.29. The number of ether oxygens (including phenoxy) is 1. The van der Waals surface area contributed by atoms with Crippen LogP contribution in [0.3, 0.4) is 0 Å². The molecule has 2 rings (SSSR count). The summed E-state index contributed by atoms with van der Waals surface area (Å²) >= 11 is 0. The first-order valence-electron chi connectivity index (χ1n) is 7.61. The molecule has 1 aromatic rings. The molecule has 21 heavy (non-hydrogen) atoms. The smallest absolute Gasteiger partial charge is 0.305 e. The molecule has 0 spiro atoms. The lowest BCUT2D eigenvalue weighted by molar-refractivity contribution is -0.138. The average Bonchev–Trinajstić information content (AvgIpc) is 2.77. The topological polar surface area (TPSA) is 62.9 Å². The van der Waals surface area contributed by atoms with Gasteiger partial charge in [-0.25, -0.2) is 0 Å². The van der Waals surface area contributed by atoms with Crippen LogP contribution in [0.2, 0.25) is 0 Å². The SMILES string of the molecule is Cc1cc(C(C)N2CCC(OCCC(=O)O)CC2)c(C)o1. The van der Waals surface area contributed by atoms with Gasteiger partial charge in [0.2, 0.25) is 0 Å².